The Kier molecular flexibility index (Phi) is 5.06. The summed E-state index contributed by atoms with van der Waals surface area (Å²) in [5.41, 5.74) is 4.52. The van der Waals surface area contributed by atoms with E-state index >= 15 is 0 Å². The molecule has 0 saturated heterocycles. The predicted octanol–water partition coefficient (Wildman–Crippen LogP) is 4.95. The van der Waals surface area contributed by atoms with Crippen LogP contribution in [0.1, 0.15) is 17.0 Å². The van der Waals surface area contributed by atoms with Crippen molar-refractivity contribution in [3.8, 4) is 5.69 Å². The summed E-state index contributed by atoms with van der Waals surface area (Å²) >= 11 is 0. The molecule has 0 aliphatic heterocycles. The van der Waals surface area contributed by atoms with Crippen molar-refractivity contribution >= 4 is 28.3 Å². The van der Waals surface area contributed by atoms with Gasteiger partial charge in [-0.1, -0.05) is 30.3 Å². The first-order valence-corrected chi connectivity index (χ1v) is 9.67. The minimum absolute atomic E-state index is 0.115. The third-order valence-electron chi connectivity index (χ3n) is 5.05. The minimum atomic E-state index is -0.319. The van der Waals surface area contributed by atoms with Crippen molar-refractivity contribution in [2.24, 2.45) is 0 Å². The molecule has 0 aliphatic carbocycles. The Morgan fingerprint density at radius 2 is 1.50 bits per heavy atom. The van der Waals surface area contributed by atoms with E-state index in [1.807, 2.05) is 69.3 Å². The Morgan fingerprint density at radius 1 is 0.833 bits per heavy atom. The molecular formula is C24H22N4O2. The van der Waals surface area contributed by atoms with E-state index in [1.54, 1.807) is 22.8 Å². The molecule has 2 amide bonds. The van der Waals surface area contributed by atoms with Gasteiger partial charge >= 0.3 is 6.03 Å². The molecule has 2 N–H and O–H groups in total. The van der Waals surface area contributed by atoms with Crippen LogP contribution in [-0.2, 0) is 0 Å². The van der Waals surface area contributed by atoms with Crippen molar-refractivity contribution in [1.82, 2.24) is 9.55 Å². The molecule has 0 bridgehead atoms. The van der Waals surface area contributed by atoms with E-state index in [0.717, 1.165) is 16.8 Å². The monoisotopic (exact) mass is 398 g/mol. The summed E-state index contributed by atoms with van der Waals surface area (Å²) in [6.45, 7) is 5.64. The van der Waals surface area contributed by atoms with Crippen molar-refractivity contribution < 1.29 is 4.79 Å². The number of benzene rings is 3. The van der Waals surface area contributed by atoms with Gasteiger partial charge in [-0.25, -0.2) is 9.78 Å². The number of hydrogen-bond acceptors (Lipinski definition) is 3. The Hall–Kier alpha value is -3.93. The standard InChI is InChI=1S/C24H22N4O2/c1-15-8-4-6-10-20(15)26-24(30)27-21-13-12-18(14-16(21)2)28-17(3)25-22-11-7-5-9-19(22)23(28)29/h4-14H,1-3H3,(H2,26,27,30). The molecule has 0 saturated carbocycles. The zero-order valence-corrected chi connectivity index (χ0v) is 17.1. The second-order valence-electron chi connectivity index (χ2n) is 7.21. The molecule has 150 valence electrons. The highest BCUT2D eigenvalue weighted by molar-refractivity contribution is 6.00. The number of nitrogens with zero attached hydrogens (tertiary/aromatic N) is 2. The van der Waals surface area contributed by atoms with Gasteiger partial charge in [0, 0.05) is 11.4 Å². The van der Waals surface area contributed by atoms with Gasteiger partial charge in [-0.3, -0.25) is 9.36 Å². The first kappa shape index (κ1) is 19.4. The van der Waals surface area contributed by atoms with Gasteiger partial charge in [0.05, 0.1) is 16.6 Å². The molecule has 30 heavy (non-hydrogen) atoms. The molecule has 1 aromatic heterocycles. The number of carbonyl (C=O) groups is 1. The Labute approximate surface area is 174 Å². The summed E-state index contributed by atoms with van der Waals surface area (Å²) in [4.78, 5) is 30.0. The second kappa shape index (κ2) is 7.83. The number of carbonyl (C=O) groups excluding carboxylic acids is 1. The van der Waals surface area contributed by atoms with Crippen LogP contribution in [0.3, 0.4) is 0 Å². The van der Waals surface area contributed by atoms with Crippen molar-refractivity contribution in [2.45, 2.75) is 20.8 Å². The lowest BCUT2D eigenvalue weighted by Crippen LogP contribution is -2.23. The van der Waals surface area contributed by atoms with Crippen molar-refractivity contribution in [2.75, 3.05) is 10.6 Å². The molecule has 4 aromatic rings. The highest BCUT2D eigenvalue weighted by atomic mass is 16.2. The van der Waals surface area contributed by atoms with Crippen LogP contribution in [0, 0.1) is 20.8 Å². The number of anilines is 2. The lowest BCUT2D eigenvalue weighted by molar-refractivity contribution is 0.262. The zero-order chi connectivity index (χ0) is 21.3. The largest absolute Gasteiger partial charge is 0.323 e. The summed E-state index contributed by atoms with van der Waals surface area (Å²) in [5, 5.41) is 6.30. The van der Waals surface area contributed by atoms with E-state index in [1.165, 1.54) is 0 Å². The molecule has 0 aliphatic rings. The SMILES string of the molecule is Cc1ccccc1NC(=O)Nc1ccc(-n2c(C)nc3ccccc3c2=O)cc1C. The number of rotatable bonds is 3. The first-order valence-electron chi connectivity index (χ1n) is 9.67. The van der Waals surface area contributed by atoms with Gasteiger partial charge in [0.25, 0.3) is 5.56 Å². The van der Waals surface area contributed by atoms with Crippen LogP contribution in [0.15, 0.2) is 71.5 Å². The third kappa shape index (κ3) is 3.67. The number of nitrogens with one attached hydrogen (secondary N) is 2. The fraction of sp³-hybridized carbons (Fsp3) is 0.125. The van der Waals surface area contributed by atoms with Gasteiger partial charge in [0.2, 0.25) is 0 Å². The van der Waals surface area contributed by atoms with Gasteiger partial charge in [0.1, 0.15) is 5.82 Å². The molecule has 0 spiro atoms. The lowest BCUT2D eigenvalue weighted by atomic mass is 10.1. The van der Waals surface area contributed by atoms with E-state index in [0.29, 0.717) is 28.1 Å². The molecule has 0 fully saturated rings. The first-order chi connectivity index (χ1) is 14.4. The fourth-order valence-electron chi connectivity index (χ4n) is 3.46. The van der Waals surface area contributed by atoms with E-state index in [2.05, 4.69) is 15.6 Å². The quantitative estimate of drug-likeness (QED) is 0.512. The van der Waals surface area contributed by atoms with E-state index < -0.39 is 0 Å². The van der Waals surface area contributed by atoms with Crippen molar-refractivity contribution in [1.29, 1.82) is 0 Å². The number of urea groups is 1. The van der Waals surface area contributed by atoms with Gasteiger partial charge in [-0.15, -0.1) is 0 Å². The Morgan fingerprint density at radius 3 is 2.23 bits per heavy atom. The van der Waals surface area contributed by atoms with Crippen LogP contribution in [0.4, 0.5) is 16.2 Å². The summed E-state index contributed by atoms with van der Waals surface area (Å²) < 4.78 is 1.59. The maximum atomic E-state index is 13.0. The van der Waals surface area contributed by atoms with E-state index in [9.17, 15) is 9.59 Å². The summed E-state index contributed by atoms with van der Waals surface area (Å²) in [6.07, 6.45) is 0. The molecular weight excluding hydrogens is 376 g/mol. The fourth-order valence-corrected chi connectivity index (χ4v) is 3.46. The van der Waals surface area contributed by atoms with Crippen LogP contribution >= 0.6 is 0 Å². The summed E-state index contributed by atoms with van der Waals surface area (Å²) in [6, 6.07) is 20.0. The molecule has 4 rings (SSSR count). The van der Waals surface area contributed by atoms with Crippen LogP contribution in [-0.4, -0.2) is 15.6 Å². The molecule has 0 radical (unpaired) electrons. The molecule has 0 unspecified atom stereocenters. The topological polar surface area (TPSA) is 76.0 Å². The lowest BCUT2D eigenvalue weighted by Gasteiger charge is -2.15. The highest BCUT2D eigenvalue weighted by Gasteiger charge is 2.12. The summed E-state index contributed by atoms with van der Waals surface area (Å²) in [5.74, 6) is 0.608. The average Bonchev–Trinajstić information content (AvgIpc) is 2.72. The molecule has 3 aromatic carbocycles. The van der Waals surface area contributed by atoms with Crippen molar-refractivity contribution in [3.05, 3.63) is 94.0 Å². The Balaban J connectivity index is 1.63. The average molecular weight is 398 g/mol. The maximum Gasteiger partial charge on any atom is 0.323 e. The Bertz CT molecular complexity index is 1320. The predicted molar refractivity (Wildman–Crippen MR) is 121 cm³/mol. The van der Waals surface area contributed by atoms with Crippen LogP contribution in [0.25, 0.3) is 16.6 Å². The van der Waals surface area contributed by atoms with Gasteiger partial charge in [0.15, 0.2) is 0 Å². The van der Waals surface area contributed by atoms with Gasteiger partial charge in [-0.2, -0.15) is 0 Å². The smallest absolute Gasteiger partial charge is 0.307 e. The second-order valence-corrected chi connectivity index (χ2v) is 7.21. The minimum Gasteiger partial charge on any atom is -0.307 e. The van der Waals surface area contributed by atoms with Crippen LogP contribution in [0.5, 0.6) is 0 Å². The number of aryl methyl sites for hydroxylation is 3. The number of amides is 2. The molecule has 1 heterocycles. The number of para-hydroxylation sites is 2. The maximum absolute atomic E-state index is 13.0. The molecule has 6 heteroatoms. The van der Waals surface area contributed by atoms with Crippen LogP contribution in [0.2, 0.25) is 0 Å². The van der Waals surface area contributed by atoms with Gasteiger partial charge < -0.3 is 10.6 Å². The normalized spacial score (nSPS) is 10.8. The van der Waals surface area contributed by atoms with Gasteiger partial charge in [-0.05, 0) is 68.3 Å². The number of aromatic nitrogens is 2. The van der Waals surface area contributed by atoms with Crippen LogP contribution < -0.4 is 16.2 Å². The molecule has 0 atom stereocenters. The number of fused-ring (bicyclic) bond motifs is 1. The zero-order valence-electron chi connectivity index (χ0n) is 17.1. The molecule has 6 nitrogen and oxygen atoms in total. The van der Waals surface area contributed by atoms with E-state index in [4.69, 9.17) is 0 Å². The number of hydrogen-bond donors (Lipinski definition) is 2. The van der Waals surface area contributed by atoms with E-state index in [-0.39, 0.29) is 11.6 Å². The highest BCUT2D eigenvalue weighted by Crippen LogP contribution is 2.21. The third-order valence-corrected chi connectivity index (χ3v) is 5.05. The summed E-state index contributed by atoms with van der Waals surface area (Å²) in [7, 11) is 0. The van der Waals surface area contributed by atoms with Crippen molar-refractivity contribution in [3.63, 3.8) is 0 Å².